The fourth-order valence-corrected chi connectivity index (χ4v) is 1.32. The molecule has 0 spiro atoms. The van der Waals surface area contributed by atoms with Crippen molar-refractivity contribution >= 4 is 12.6 Å². The maximum absolute atomic E-state index is 5.43. The van der Waals surface area contributed by atoms with Crippen molar-refractivity contribution in [2.24, 2.45) is 0 Å². The van der Waals surface area contributed by atoms with Gasteiger partial charge >= 0.3 is 0 Å². The van der Waals surface area contributed by atoms with Gasteiger partial charge in [0.25, 0.3) is 0 Å². The van der Waals surface area contributed by atoms with Crippen molar-refractivity contribution in [1.29, 1.82) is 0 Å². The average Bonchev–Trinajstić information content (AvgIpc) is 2.51. The summed E-state index contributed by atoms with van der Waals surface area (Å²) in [5.41, 5.74) is 0. The van der Waals surface area contributed by atoms with Gasteiger partial charge in [0.05, 0.1) is 0 Å². The van der Waals surface area contributed by atoms with E-state index in [4.69, 9.17) is 4.42 Å². The highest BCUT2D eigenvalue weighted by molar-refractivity contribution is 7.80. The number of thiol groups is 1. The Morgan fingerprint density at radius 2 is 2.23 bits per heavy atom. The molecule has 2 nitrogen and oxygen atoms in total. The van der Waals surface area contributed by atoms with Crippen LogP contribution in [0.2, 0.25) is 0 Å². The molecule has 0 unspecified atom stereocenters. The second-order valence-electron chi connectivity index (χ2n) is 3.09. The first-order valence-corrected chi connectivity index (χ1v) is 5.33. The zero-order valence-corrected chi connectivity index (χ0v) is 8.94. The first-order valence-electron chi connectivity index (χ1n) is 4.70. The Morgan fingerprint density at radius 3 is 2.85 bits per heavy atom. The first kappa shape index (κ1) is 10.7. The fraction of sp³-hybridized carbons (Fsp3) is 0.600. The molecule has 0 fully saturated rings. The Hall–Kier alpha value is -0.410. The van der Waals surface area contributed by atoms with Gasteiger partial charge in [-0.2, -0.15) is 12.6 Å². The lowest BCUT2D eigenvalue weighted by molar-refractivity contribution is 0.475. The first-order chi connectivity index (χ1) is 6.33. The number of aryl methyl sites for hydroxylation is 1. The van der Waals surface area contributed by atoms with Crippen LogP contribution in [0.4, 0.5) is 0 Å². The molecule has 0 aromatic carbocycles. The molecule has 0 radical (unpaired) electrons. The Kier molecular flexibility index (Phi) is 5.01. The minimum Gasteiger partial charge on any atom is -0.466 e. The highest BCUT2D eigenvalue weighted by Crippen LogP contribution is 2.05. The maximum Gasteiger partial charge on any atom is 0.105 e. The van der Waals surface area contributed by atoms with Gasteiger partial charge in [0.1, 0.15) is 11.5 Å². The molecule has 3 heteroatoms. The van der Waals surface area contributed by atoms with E-state index in [0.29, 0.717) is 0 Å². The Labute approximate surface area is 85.1 Å². The second-order valence-corrected chi connectivity index (χ2v) is 3.54. The molecule has 0 aliphatic rings. The molecule has 0 saturated heterocycles. The Bertz CT molecular complexity index is 235. The Morgan fingerprint density at radius 1 is 1.38 bits per heavy atom. The molecular weight excluding hydrogens is 182 g/mol. The smallest absolute Gasteiger partial charge is 0.105 e. The van der Waals surface area contributed by atoms with Crippen LogP contribution < -0.4 is 5.32 Å². The lowest BCUT2D eigenvalue weighted by Gasteiger charge is -2.00. The summed E-state index contributed by atoms with van der Waals surface area (Å²) < 4.78 is 5.43. The average molecular weight is 199 g/mol. The van der Waals surface area contributed by atoms with Crippen molar-refractivity contribution in [2.45, 2.75) is 19.8 Å². The monoisotopic (exact) mass is 199 g/mol. The normalized spacial score (nSPS) is 10.6. The number of hydrogen-bond acceptors (Lipinski definition) is 3. The molecule has 1 aromatic rings. The molecule has 0 saturated carbocycles. The third-order valence-corrected chi connectivity index (χ3v) is 2.17. The van der Waals surface area contributed by atoms with Crippen molar-refractivity contribution in [2.75, 3.05) is 18.8 Å². The predicted molar refractivity (Wildman–Crippen MR) is 58.5 cm³/mol. The summed E-state index contributed by atoms with van der Waals surface area (Å²) in [7, 11) is 0. The second kappa shape index (κ2) is 6.11. The molecule has 1 aromatic heterocycles. The molecule has 0 aliphatic carbocycles. The largest absolute Gasteiger partial charge is 0.466 e. The van der Waals surface area contributed by atoms with Gasteiger partial charge in [-0.25, -0.2) is 0 Å². The van der Waals surface area contributed by atoms with Crippen LogP contribution in [-0.2, 0) is 6.42 Å². The van der Waals surface area contributed by atoms with Crippen LogP contribution in [0.5, 0.6) is 0 Å². The van der Waals surface area contributed by atoms with E-state index in [2.05, 4.69) is 17.9 Å². The quantitative estimate of drug-likeness (QED) is 0.541. The van der Waals surface area contributed by atoms with Gasteiger partial charge in [-0.15, -0.1) is 0 Å². The van der Waals surface area contributed by atoms with Crippen LogP contribution in [-0.4, -0.2) is 18.8 Å². The van der Waals surface area contributed by atoms with Gasteiger partial charge in [0.15, 0.2) is 0 Å². The van der Waals surface area contributed by atoms with Crippen molar-refractivity contribution in [1.82, 2.24) is 5.32 Å². The zero-order chi connectivity index (χ0) is 9.52. The number of rotatable bonds is 6. The van der Waals surface area contributed by atoms with Crippen LogP contribution in [0.1, 0.15) is 17.9 Å². The van der Waals surface area contributed by atoms with Crippen molar-refractivity contribution < 1.29 is 4.42 Å². The third-order valence-electron chi connectivity index (χ3n) is 1.86. The van der Waals surface area contributed by atoms with Crippen LogP contribution in [0.3, 0.4) is 0 Å². The van der Waals surface area contributed by atoms with Crippen LogP contribution in [0, 0.1) is 6.92 Å². The van der Waals surface area contributed by atoms with Gasteiger partial charge in [-0.1, -0.05) is 0 Å². The fourth-order valence-electron chi connectivity index (χ4n) is 1.16. The Balaban J connectivity index is 2.06. The molecule has 13 heavy (non-hydrogen) atoms. The molecule has 0 amide bonds. The number of hydrogen-bond donors (Lipinski definition) is 2. The van der Waals surface area contributed by atoms with E-state index < -0.39 is 0 Å². The SMILES string of the molecule is Cc1ccc(CCNCCCS)o1. The van der Waals surface area contributed by atoms with Gasteiger partial charge in [-0.05, 0) is 37.8 Å². The molecule has 1 N–H and O–H groups in total. The summed E-state index contributed by atoms with van der Waals surface area (Å²) in [4.78, 5) is 0. The third kappa shape index (κ3) is 4.39. The number of nitrogens with one attached hydrogen (secondary N) is 1. The lowest BCUT2D eigenvalue weighted by atomic mass is 10.3. The molecule has 0 aliphatic heterocycles. The van der Waals surface area contributed by atoms with Crippen LogP contribution in [0.15, 0.2) is 16.5 Å². The van der Waals surface area contributed by atoms with E-state index in [0.717, 1.165) is 43.2 Å². The molecule has 0 atom stereocenters. The minimum absolute atomic E-state index is 0.951. The minimum atomic E-state index is 0.951. The van der Waals surface area contributed by atoms with Crippen molar-refractivity contribution in [3.05, 3.63) is 23.7 Å². The summed E-state index contributed by atoms with van der Waals surface area (Å²) in [5, 5.41) is 3.34. The van der Waals surface area contributed by atoms with E-state index in [1.54, 1.807) is 0 Å². The molecule has 74 valence electrons. The number of furan rings is 1. The van der Waals surface area contributed by atoms with E-state index in [1.165, 1.54) is 0 Å². The highest BCUT2D eigenvalue weighted by atomic mass is 32.1. The van der Waals surface area contributed by atoms with Gasteiger partial charge in [-0.3, -0.25) is 0 Å². The maximum atomic E-state index is 5.43. The lowest BCUT2D eigenvalue weighted by Crippen LogP contribution is -2.18. The molecule has 1 rings (SSSR count). The van der Waals surface area contributed by atoms with E-state index >= 15 is 0 Å². The van der Waals surface area contributed by atoms with E-state index in [-0.39, 0.29) is 0 Å². The standard InChI is InChI=1S/C10H17NOS/c1-9-3-4-10(12-9)5-7-11-6-2-8-13/h3-4,11,13H,2,5-8H2,1H3. The summed E-state index contributed by atoms with van der Waals surface area (Å²) in [6.45, 7) is 4.00. The van der Waals surface area contributed by atoms with E-state index in [9.17, 15) is 0 Å². The summed E-state index contributed by atoms with van der Waals surface area (Å²) >= 11 is 4.14. The van der Waals surface area contributed by atoms with E-state index in [1.807, 2.05) is 19.1 Å². The highest BCUT2D eigenvalue weighted by Gasteiger charge is 1.96. The summed E-state index contributed by atoms with van der Waals surface area (Å²) in [5.74, 6) is 3.01. The van der Waals surface area contributed by atoms with Gasteiger partial charge in [0.2, 0.25) is 0 Å². The topological polar surface area (TPSA) is 25.2 Å². The van der Waals surface area contributed by atoms with Gasteiger partial charge < -0.3 is 9.73 Å². The predicted octanol–water partition coefficient (Wildman–Crippen LogP) is 2.04. The van der Waals surface area contributed by atoms with Crippen molar-refractivity contribution in [3.63, 3.8) is 0 Å². The molecule has 1 heterocycles. The van der Waals surface area contributed by atoms with Crippen LogP contribution in [0.25, 0.3) is 0 Å². The summed E-state index contributed by atoms with van der Waals surface area (Å²) in [6.07, 6.45) is 2.10. The van der Waals surface area contributed by atoms with Crippen molar-refractivity contribution in [3.8, 4) is 0 Å². The molecule has 0 bridgehead atoms. The van der Waals surface area contributed by atoms with Gasteiger partial charge in [0, 0.05) is 13.0 Å². The zero-order valence-electron chi connectivity index (χ0n) is 8.05. The molecular formula is C10H17NOS. The summed E-state index contributed by atoms with van der Waals surface area (Å²) in [6, 6.07) is 4.04. The van der Waals surface area contributed by atoms with Crippen LogP contribution >= 0.6 is 12.6 Å².